The third-order valence-corrected chi connectivity index (χ3v) is 5.23. The average Bonchev–Trinajstić information content (AvgIpc) is 2.84. The molecule has 0 aliphatic carbocycles. The molecule has 0 aromatic heterocycles. The topological polar surface area (TPSA) is 12.4 Å². The number of hydrogen-bond donors (Lipinski definition) is 0. The first kappa shape index (κ1) is 16.4. The van der Waals surface area contributed by atoms with Crippen LogP contribution in [0.2, 0.25) is 0 Å². The van der Waals surface area contributed by atoms with Crippen molar-refractivity contribution in [3.63, 3.8) is 0 Å². The van der Waals surface area contributed by atoms with Gasteiger partial charge in [-0.2, -0.15) is 0 Å². The Morgan fingerprint density at radius 1 is 0.842 bits per heavy atom. The molecule has 0 fully saturated rings. The summed E-state index contributed by atoms with van der Waals surface area (Å²) in [6.45, 7) is 16.5. The highest BCUT2D eigenvalue weighted by Crippen LogP contribution is 2.26. The van der Waals surface area contributed by atoms with E-state index in [-0.39, 0.29) is 0 Å². The van der Waals surface area contributed by atoms with Gasteiger partial charge in [0.25, 0.3) is 0 Å². The minimum absolute atomic E-state index is 0.739. The largest absolute Gasteiger partial charge is 0.253 e. The summed E-state index contributed by atoms with van der Waals surface area (Å²) in [6.07, 6.45) is 8.95. The summed E-state index contributed by atoms with van der Waals surface area (Å²) >= 11 is 0. The summed E-state index contributed by atoms with van der Waals surface area (Å²) in [5, 5.41) is 0. The Morgan fingerprint density at radius 3 is 1.63 bits per heavy atom. The van der Waals surface area contributed by atoms with Gasteiger partial charge in [0.1, 0.15) is 6.20 Å². The molecule has 0 saturated heterocycles. The fourth-order valence-corrected chi connectivity index (χ4v) is 2.91. The number of hydrogen-bond acceptors (Lipinski definition) is 1. The minimum Gasteiger partial charge on any atom is -0.253 e. The van der Waals surface area contributed by atoms with Gasteiger partial charge in [-0.3, -0.25) is 4.48 Å². The lowest BCUT2D eigenvalue weighted by atomic mass is 9.90. The maximum Gasteiger partial charge on any atom is 0.194 e. The smallest absolute Gasteiger partial charge is 0.194 e. The molecule has 0 N–H and O–H groups in total. The van der Waals surface area contributed by atoms with Crippen molar-refractivity contribution in [2.45, 2.75) is 54.4 Å². The molecule has 4 unspecified atom stereocenters. The third-order valence-electron chi connectivity index (χ3n) is 5.23. The second-order valence-electron chi connectivity index (χ2n) is 6.76. The van der Waals surface area contributed by atoms with Crippen LogP contribution in [0.1, 0.15) is 54.4 Å². The summed E-state index contributed by atoms with van der Waals surface area (Å²) < 4.78 is 0.955. The van der Waals surface area contributed by atoms with Crippen LogP contribution < -0.4 is 0 Å². The molecule has 1 rings (SSSR count). The van der Waals surface area contributed by atoms with Crippen LogP contribution in [0.25, 0.3) is 0 Å². The van der Waals surface area contributed by atoms with Crippen LogP contribution in [-0.2, 0) is 0 Å². The minimum atomic E-state index is 0.739. The second-order valence-corrected chi connectivity index (χ2v) is 6.76. The molecule has 0 bridgehead atoms. The highest BCUT2D eigenvalue weighted by atomic mass is 15.4. The zero-order valence-corrected chi connectivity index (χ0v) is 13.8. The lowest BCUT2D eigenvalue weighted by Gasteiger charge is -2.35. The Kier molecular flexibility index (Phi) is 6.25. The number of rotatable bonds is 8. The molecule has 2 heteroatoms. The summed E-state index contributed by atoms with van der Waals surface area (Å²) in [6, 6.07) is 0. The third kappa shape index (κ3) is 4.45. The van der Waals surface area contributed by atoms with Gasteiger partial charge < -0.3 is 0 Å². The Hall–Kier alpha value is -0.630. The molecule has 0 spiro atoms. The lowest BCUT2D eigenvalue weighted by molar-refractivity contribution is -0.788. The van der Waals surface area contributed by atoms with Gasteiger partial charge in [0.2, 0.25) is 0 Å². The molecular formula is C17H33N2+. The van der Waals surface area contributed by atoms with E-state index in [0.717, 1.165) is 28.2 Å². The molecule has 0 aromatic carbocycles. The first-order chi connectivity index (χ1) is 8.94. The molecule has 0 amide bonds. The fourth-order valence-electron chi connectivity index (χ4n) is 2.91. The van der Waals surface area contributed by atoms with Crippen molar-refractivity contribution in [2.75, 3.05) is 13.1 Å². The Bertz CT molecular complexity index is 287. The van der Waals surface area contributed by atoms with E-state index >= 15 is 0 Å². The Balaban J connectivity index is 2.71. The van der Waals surface area contributed by atoms with E-state index in [9.17, 15) is 0 Å². The van der Waals surface area contributed by atoms with E-state index in [4.69, 9.17) is 0 Å². The predicted octanol–water partition coefficient (Wildman–Crippen LogP) is 4.68. The highest BCUT2D eigenvalue weighted by molar-refractivity contribution is 5.51. The van der Waals surface area contributed by atoms with Crippen molar-refractivity contribution in [2.24, 2.45) is 28.7 Å². The fraction of sp³-hybridized carbons (Fsp3) is 0.824. The van der Waals surface area contributed by atoms with Crippen molar-refractivity contribution in [1.82, 2.24) is 0 Å². The molecule has 1 aliphatic rings. The van der Waals surface area contributed by atoms with Crippen molar-refractivity contribution >= 4 is 6.34 Å². The predicted molar refractivity (Wildman–Crippen MR) is 84.9 cm³/mol. The van der Waals surface area contributed by atoms with Gasteiger partial charge in [-0.25, -0.2) is 4.99 Å². The van der Waals surface area contributed by atoms with Gasteiger partial charge in [0, 0.05) is 11.8 Å². The number of nitrogens with zero attached hydrogens (tertiary/aromatic N) is 2. The standard InChI is InChI=1S/C17H33N2/c1-7-14(3)16(5)11-19(10-9-18-13-19)12-17(6)15(4)8-2/h9-10,13-17H,7-8,11-12H2,1-6H3/q+1. The number of aliphatic imine (C=N–C) groups is 1. The molecule has 1 heterocycles. The number of quaternary nitrogens is 1. The first-order valence-corrected chi connectivity index (χ1v) is 8.02. The van der Waals surface area contributed by atoms with Crippen LogP contribution in [0, 0.1) is 23.7 Å². The van der Waals surface area contributed by atoms with E-state index in [0.29, 0.717) is 0 Å². The molecule has 0 aromatic rings. The van der Waals surface area contributed by atoms with Gasteiger partial charge in [-0.1, -0.05) is 54.4 Å². The van der Waals surface area contributed by atoms with Crippen LogP contribution in [-0.4, -0.2) is 23.9 Å². The van der Waals surface area contributed by atoms with Crippen LogP contribution in [0.4, 0.5) is 0 Å². The van der Waals surface area contributed by atoms with E-state index in [1.54, 1.807) is 0 Å². The second kappa shape index (κ2) is 7.23. The van der Waals surface area contributed by atoms with E-state index in [1.165, 1.54) is 25.9 Å². The molecule has 2 nitrogen and oxygen atoms in total. The van der Waals surface area contributed by atoms with Crippen LogP contribution in [0.5, 0.6) is 0 Å². The Labute approximate surface area is 120 Å². The maximum atomic E-state index is 4.38. The van der Waals surface area contributed by atoms with Gasteiger partial charge in [-0.15, -0.1) is 0 Å². The summed E-state index contributed by atoms with van der Waals surface area (Å²) in [5.74, 6) is 3.05. The summed E-state index contributed by atoms with van der Waals surface area (Å²) in [4.78, 5) is 4.38. The first-order valence-electron chi connectivity index (χ1n) is 8.02. The van der Waals surface area contributed by atoms with E-state index < -0.39 is 0 Å². The summed E-state index contributed by atoms with van der Waals surface area (Å²) in [5.41, 5.74) is 0. The van der Waals surface area contributed by atoms with Gasteiger partial charge in [-0.05, 0) is 11.8 Å². The zero-order valence-electron chi connectivity index (χ0n) is 13.8. The quantitative estimate of drug-likeness (QED) is 0.565. The van der Waals surface area contributed by atoms with Crippen LogP contribution in [0.3, 0.4) is 0 Å². The molecule has 0 radical (unpaired) electrons. The van der Waals surface area contributed by atoms with Crippen LogP contribution >= 0.6 is 0 Å². The normalized spacial score (nSPS) is 28.3. The monoisotopic (exact) mass is 265 g/mol. The molecule has 110 valence electrons. The Morgan fingerprint density at radius 2 is 1.32 bits per heavy atom. The zero-order chi connectivity index (χ0) is 14.5. The molecule has 19 heavy (non-hydrogen) atoms. The molecule has 1 aliphatic heterocycles. The highest BCUT2D eigenvalue weighted by Gasteiger charge is 2.33. The van der Waals surface area contributed by atoms with E-state index in [1.807, 2.05) is 6.20 Å². The van der Waals surface area contributed by atoms with Crippen molar-refractivity contribution in [3.8, 4) is 0 Å². The SMILES string of the molecule is CCC(C)C(C)C[N+]1(CC(C)C(C)CC)C=CN=C1. The van der Waals surface area contributed by atoms with Gasteiger partial charge in [0.15, 0.2) is 6.34 Å². The summed E-state index contributed by atoms with van der Waals surface area (Å²) in [7, 11) is 0. The van der Waals surface area contributed by atoms with Crippen molar-refractivity contribution in [3.05, 3.63) is 12.4 Å². The van der Waals surface area contributed by atoms with Gasteiger partial charge >= 0.3 is 0 Å². The van der Waals surface area contributed by atoms with Crippen molar-refractivity contribution < 1.29 is 4.48 Å². The van der Waals surface area contributed by atoms with Crippen molar-refractivity contribution in [1.29, 1.82) is 0 Å². The maximum absolute atomic E-state index is 4.38. The van der Waals surface area contributed by atoms with E-state index in [2.05, 4.69) is 59.1 Å². The van der Waals surface area contributed by atoms with Crippen LogP contribution in [0.15, 0.2) is 17.4 Å². The molecule has 0 saturated carbocycles. The molecule has 4 atom stereocenters. The molecular weight excluding hydrogens is 232 g/mol. The van der Waals surface area contributed by atoms with Gasteiger partial charge in [0.05, 0.1) is 19.3 Å². The lowest BCUT2D eigenvalue weighted by Crippen LogP contribution is -2.47. The average molecular weight is 265 g/mol.